The molecule has 0 aromatic heterocycles. The summed E-state index contributed by atoms with van der Waals surface area (Å²) in [5.41, 5.74) is 0. The average Bonchev–Trinajstić information content (AvgIpc) is 1.43. The number of hydrogen-bond donors (Lipinski definition) is 6. The molecule has 3 unspecified atom stereocenters. The summed E-state index contributed by atoms with van der Waals surface area (Å²) in [6.07, 6.45) is 34.8. The van der Waals surface area contributed by atoms with Crippen molar-refractivity contribution in [3.63, 3.8) is 0 Å². The smallest absolute Gasteiger partial charge is 0.470 e. The van der Waals surface area contributed by atoms with Gasteiger partial charge >= 0.3 is 19.8 Å². The molecule has 19 heteroatoms. The predicted octanol–water partition coefficient (Wildman–Crippen LogP) is 16.0. The first kappa shape index (κ1) is 83.8. The Hall–Kier alpha value is -2.25. The Morgan fingerprint density at radius 1 is 0.489 bits per heavy atom. The first-order valence-electron chi connectivity index (χ1n) is 36.2. The van der Waals surface area contributed by atoms with Crippen molar-refractivity contribution >= 4 is 31.6 Å². The van der Waals surface area contributed by atoms with Gasteiger partial charge in [-0.1, -0.05) is 279 Å². The largest absolute Gasteiger partial charge is 0.480 e. The summed E-state index contributed by atoms with van der Waals surface area (Å²) in [4.78, 5) is 77.0. The molecule has 0 aliphatic carbocycles. The van der Waals surface area contributed by atoms with Crippen LogP contribution >= 0.6 is 7.82 Å². The van der Waals surface area contributed by atoms with Crippen molar-refractivity contribution in [3.8, 4) is 0 Å². The Labute approximate surface area is 535 Å². The number of nitrogens with one attached hydrogen (secondary N) is 2. The molecular weight excluding hydrogens is 1140 g/mol. The molecule has 9 atom stereocenters. The SMILES string of the molecule is CCCCCCCCCCCCC(OCCCCCC)C(=O)N[C@@H](CO[C@@H]1O[C@H](CO)[C@@H](OP(=O)(O)O)[C@H](OC(=O)CC(CCCCCCCCCCC)OCCCCCC)[C@H]1NC(=O)CC(CCCCCCCCCCC)OCCCCCC)C(=O)O. The molecule has 1 heterocycles. The van der Waals surface area contributed by atoms with Crippen LogP contribution in [0, 0.1) is 0 Å². The van der Waals surface area contributed by atoms with Crippen molar-refractivity contribution in [3.05, 3.63) is 0 Å². The van der Waals surface area contributed by atoms with Crippen molar-refractivity contribution in [2.75, 3.05) is 33.0 Å². The molecule has 1 saturated heterocycles. The summed E-state index contributed by atoms with van der Waals surface area (Å²) in [5.74, 6) is -3.45. The lowest BCUT2D eigenvalue weighted by Crippen LogP contribution is -2.66. The predicted molar refractivity (Wildman–Crippen MR) is 351 cm³/mol. The van der Waals surface area contributed by atoms with Crippen LogP contribution < -0.4 is 10.6 Å². The molecule has 0 spiro atoms. The summed E-state index contributed by atoms with van der Waals surface area (Å²) in [7, 11) is -5.42. The normalized spacial score (nSPS) is 18.4. The average molecular weight is 1280 g/mol. The Kier molecular flexibility index (Phi) is 54.7. The number of aliphatic hydroxyl groups is 1. The minimum absolute atomic E-state index is 0.137. The molecule has 6 N–H and O–H groups in total. The van der Waals surface area contributed by atoms with Crippen LogP contribution in [-0.4, -0.2) is 132 Å². The molecule has 0 bridgehead atoms. The molecule has 1 aliphatic rings. The van der Waals surface area contributed by atoms with Gasteiger partial charge in [0.1, 0.15) is 24.4 Å². The molecule has 88 heavy (non-hydrogen) atoms. The van der Waals surface area contributed by atoms with Crippen molar-refractivity contribution < 1.29 is 76.7 Å². The van der Waals surface area contributed by atoms with E-state index in [1.54, 1.807) is 0 Å². The molecule has 0 saturated carbocycles. The van der Waals surface area contributed by atoms with E-state index in [0.717, 1.165) is 148 Å². The number of esters is 1. The Bertz CT molecular complexity index is 1710. The number of phosphoric acid groups is 1. The van der Waals surface area contributed by atoms with Crippen LogP contribution in [0.4, 0.5) is 0 Å². The number of aliphatic hydroxyl groups excluding tert-OH is 1. The first-order chi connectivity index (χ1) is 42.7. The van der Waals surface area contributed by atoms with Gasteiger partial charge in [-0.15, -0.1) is 0 Å². The quantitative estimate of drug-likeness (QED) is 0.0188. The molecule has 0 aromatic carbocycles. The second kappa shape index (κ2) is 57.4. The number of carbonyl (C=O) groups is 4. The monoisotopic (exact) mass is 1280 g/mol. The van der Waals surface area contributed by atoms with E-state index < -0.39 is 99.8 Å². The minimum Gasteiger partial charge on any atom is -0.480 e. The summed E-state index contributed by atoms with van der Waals surface area (Å²) in [6.45, 7) is 12.5. The Morgan fingerprint density at radius 2 is 0.864 bits per heavy atom. The zero-order valence-corrected chi connectivity index (χ0v) is 57.6. The Balaban J connectivity index is 3.69. The van der Waals surface area contributed by atoms with Crippen molar-refractivity contribution in [1.29, 1.82) is 0 Å². The minimum atomic E-state index is -5.42. The maximum atomic E-state index is 14.6. The zero-order chi connectivity index (χ0) is 64.7. The van der Waals surface area contributed by atoms with Crippen molar-refractivity contribution in [1.82, 2.24) is 10.6 Å². The third-order valence-electron chi connectivity index (χ3n) is 16.9. The highest BCUT2D eigenvalue weighted by molar-refractivity contribution is 7.46. The number of carboxylic acid groups (broad SMARTS) is 1. The lowest BCUT2D eigenvalue weighted by atomic mass is 9.95. The third-order valence-corrected chi connectivity index (χ3v) is 17.4. The lowest BCUT2D eigenvalue weighted by molar-refractivity contribution is -0.272. The number of carboxylic acids is 1. The number of rotatable bonds is 64. The number of hydrogen-bond acceptors (Lipinski definition) is 13. The van der Waals surface area contributed by atoms with Gasteiger partial charge < -0.3 is 59.1 Å². The van der Waals surface area contributed by atoms with Gasteiger partial charge in [-0.05, 0) is 38.5 Å². The van der Waals surface area contributed by atoms with E-state index in [0.29, 0.717) is 45.5 Å². The fraction of sp³-hybridized carbons (Fsp3) is 0.942. The van der Waals surface area contributed by atoms with Gasteiger partial charge in [0.25, 0.3) is 0 Å². The first-order valence-corrected chi connectivity index (χ1v) is 37.7. The van der Waals surface area contributed by atoms with Gasteiger partial charge in [-0.2, -0.15) is 0 Å². The molecular formula is C69H133N2O16P. The fourth-order valence-corrected chi connectivity index (χ4v) is 12.1. The summed E-state index contributed by atoms with van der Waals surface area (Å²) in [5, 5.41) is 27.0. The van der Waals surface area contributed by atoms with Crippen LogP contribution in [0.3, 0.4) is 0 Å². The van der Waals surface area contributed by atoms with Crippen LogP contribution in [0.25, 0.3) is 0 Å². The number of amides is 2. The second-order valence-corrected chi connectivity index (χ2v) is 26.4. The number of phosphoric ester groups is 1. The summed E-state index contributed by atoms with van der Waals surface area (Å²) < 4.78 is 55.7. The summed E-state index contributed by atoms with van der Waals surface area (Å²) >= 11 is 0. The van der Waals surface area contributed by atoms with E-state index in [-0.39, 0.29) is 12.8 Å². The van der Waals surface area contributed by atoms with Crippen LogP contribution in [0.1, 0.15) is 330 Å². The van der Waals surface area contributed by atoms with E-state index in [1.807, 2.05) is 0 Å². The van der Waals surface area contributed by atoms with E-state index in [2.05, 4.69) is 52.2 Å². The third kappa shape index (κ3) is 45.1. The topological polar surface area (TPSA) is 255 Å². The summed E-state index contributed by atoms with van der Waals surface area (Å²) in [6, 6.07) is -3.25. The highest BCUT2D eigenvalue weighted by Gasteiger charge is 2.52. The van der Waals surface area contributed by atoms with E-state index in [9.17, 15) is 43.7 Å². The molecule has 18 nitrogen and oxygen atoms in total. The maximum absolute atomic E-state index is 14.6. The van der Waals surface area contributed by atoms with Crippen molar-refractivity contribution in [2.24, 2.45) is 0 Å². The highest BCUT2D eigenvalue weighted by Crippen LogP contribution is 2.42. The van der Waals surface area contributed by atoms with Gasteiger partial charge in [0, 0.05) is 19.8 Å². The Morgan fingerprint density at radius 3 is 1.26 bits per heavy atom. The number of ether oxygens (including phenoxy) is 6. The molecule has 0 aromatic rings. The van der Waals surface area contributed by atoms with Crippen LogP contribution in [0.2, 0.25) is 0 Å². The fourth-order valence-electron chi connectivity index (χ4n) is 11.5. The maximum Gasteiger partial charge on any atom is 0.470 e. The van der Waals surface area contributed by atoms with Gasteiger partial charge in [-0.25, -0.2) is 9.36 Å². The number of carbonyl (C=O) groups excluding carboxylic acids is 3. The number of unbranched alkanes of at least 4 members (excludes halogenated alkanes) is 34. The molecule has 1 aliphatic heterocycles. The van der Waals surface area contributed by atoms with Gasteiger partial charge in [0.05, 0.1) is 38.3 Å². The molecule has 2 amide bonds. The van der Waals surface area contributed by atoms with Gasteiger partial charge in [-0.3, -0.25) is 18.9 Å². The van der Waals surface area contributed by atoms with Crippen LogP contribution in [0.5, 0.6) is 0 Å². The van der Waals surface area contributed by atoms with E-state index in [4.69, 9.17) is 32.9 Å². The molecule has 0 radical (unpaired) electrons. The standard InChI is InChI=1S/C69H133N2O16P/c1-7-13-19-25-28-31-34-37-40-43-49-60(83-52-46-24-18-12-6)67(75)70-59(68(76)77)56-84-69-64(71-62(73)53-57(81-50-44-22-16-10-4)47-41-38-35-32-29-26-20-14-8-2)66(65(61(55-72)85-69)87-88(78,79)80)86-63(74)54-58(82-51-45-23-17-11-5)48-42-39-36-33-30-27-21-15-9-3/h57-61,64-66,69,72H,7-56H2,1-6H3,(H,70,75)(H,71,73)(H,76,77)(H2,78,79,80)/t57?,58?,59-,60?,61+,64+,65+,66+,69+/m0/s1. The van der Waals surface area contributed by atoms with Crippen LogP contribution in [0.15, 0.2) is 0 Å². The highest BCUT2D eigenvalue weighted by atomic mass is 31.2. The molecule has 1 fully saturated rings. The lowest BCUT2D eigenvalue weighted by Gasteiger charge is -2.45. The van der Waals surface area contributed by atoms with Crippen LogP contribution in [-0.2, 0) is 56.7 Å². The van der Waals surface area contributed by atoms with Gasteiger partial charge in [0.15, 0.2) is 18.4 Å². The number of aliphatic carboxylic acids is 1. The van der Waals surface area contributed by atoms with E-state index in [1.165, 1.54) is 103 Å². The zero-order valence-electron chi connectivity index (χ0n) is 56.7. The van der Waals surface area contributed by atoms with Crippen molar-refractivity contribution in [2.45, 2.75) is 385 Å². The second-order valence-electron chi connectivity index (χ2n) is 25.2. The molecule has 520 valence electrons. The van der Waals surface area contributed by atoms with Gasteiger partial charge in [0.2, 0.25) is 11.8 Å². The molecule has 1 rings (SSSR count). The van der Waals surface area contributed by atoms with E-state index >= 15 is 0 Å².